The average molecular weight is 296 g/mol. The zero-order chi connectivity index (χ0) is 13.7. The van der Waals surface area contributed by atoms with Crippen LogP contribution in [0.25, 0.3) is 0 Å². The van der Waals surface area contributed by atoms with Gasteiger partial charge in [-0.1, -0.05) is 11.6 Å². The van der Waals surface area contributed by atoms with Gasteiger partial charge in [-0.2, -0.15) is 0 Å². The number of nitrogens with zero attached hydrogens (tertiary/aromatic N) is 1. The molecule has 2 rings (SSSR count). The number of aromatic nitrogens is 1. The molecule has 0 spiro atoms. The van der Waals surface area contributed by atoms with E-state index in [2.05, 4.69) is 15.6 Å². The Kier molecular flexibility index (Phi) is 4.76. The van der Waals surface area contributed by atoms with Gasteiger partial charge in [-0.05, 0) is 31.2 Å². The standard InChI is InChI=1S/C13H14ClN3OS/c1-2-15-9-3-5-11(16-7-9)13(18)17-8-10-4-6-12(14)19-10/h3-7,15H,2,8H2,1H3,(H,17,18). The van der Waals surface area contributed by atoms with Crippen LogP contribution in [0.15, 0.2) is 30.5 Å². The van der Waals surface area contributed by atoms with Gasteiger partial charge in [0.05, 0.1) is 22.8 Å². The van der Waals surface area contributed by atoms with E-state index in [0.29, 0.717) is 12.2 Å². The Morgan fingerprint density at radius 1 is 1.37 bits per heavy atom. The third-order valence-electron chi connectivity index (χ3n) is 2.43. The maximum atomic E-state index is 11.9. The number of carbonyl (C=O) groups is 1. The predicted molar refractivity (Wildman–Crippen MR) is 78.9 cm³/mol. The van der Waals surface area contributed by atoms with Gasteiger partial charge < -0.3 is 10.6 Å². The highest BCUT2D eigenvalue weighted by atomic mass is 35.5. The molecular formula is C13H14ClN3OS. The Balaban J connectivity index is 1.92. The molecule has 2 heterocycles. The van der Waals surface area contributed by atoms with Crippen molar-refractivity contribution >= 4 is 34.5 Å². The molecule has 4 nitrogen and oxygen atoms in total. The van der Waals surface area contributed by atoms with Crippen LogP contribution in [0, 0.1) is 0 Å². The monoisotopic (exact) mass is 295 g/mol. The van der Waals surface area contributed by atoms with Crippen LogP contribution >= 0.6 is 22.9 Å². The maximum absolute atomic E-state index is 11.9. The molecule has 0 aliphatic carbocycles. The van der Waals surface area contributed by atoms with Crippen LogP contribution in [0.4, 0.5) is 5.69 Å². The molecule has 0 saturated carbocycles. The third kappa shape index (κ3) is 3.94. The molecule has 0 bridgehead atoms. The summed E-state index contributed by atoms with van der Waals surface area (Å²) in [5.74, 6) is -0.187. The molecule has 0 aliphatic heterocycles. The molecule has 1 amide bonds. The fourth-order valence-corrected chi connectivity index (χ4v) is 2.57. The van der Waals surface area contributed by atoms with Crippen molar-refractivity contribution in [2.45, 2.75) is 13.5 Å². The van der Waals surface area contributed by atoms with E-state index >= 15 is 0 Å². The van der Waals surface area contributed by atoms with E-state index in [1.165, 1.54) is 11.3 Å². The topological polar surface area (TPSA) is 54.0 Å². The van der Waals surface area contributed by atoms with Gasteiger partial charge in [0, 0.05) is 11.4 Å². The summed E-state index contributed by atoms with van der Waals surface area (Å²) < 4.78 is 0.720. The van der Waals surface area contributed by atoms with Crippen LogP contribution in [0.5, 0.6) is 0 Å². The summed E-state index contributed by atoms with van der Waals surface area (Å²) in [5.41, 5.74) is 1.31. The van der Waals surface area contributed by atoms with Crippen molar-refractivity contribution < 1.29 is 4.79 Å². The molecule has 6 heteroatoms. The Morgan fingerprint density at radius 2 is 2.21 bits per heavy atom. The van der Waals surface area contributed by atoms with Crippen LogP contribution in [-0.4, -0.2) is 17.4 Å². The van der Waals surface area contributed by atoms with Crippen molar-refractivity contribution in [1.29, 1.82) is 0 Å². The first-order valence-corrected chi connectivity index (χ1v) is 7.11. The molecule has 0 aliphatic rings. The van der Waals surface area contributed by atoms with E-state index in [-0.39, 0.29) is 5.91 Å². The minimum atomic E-state index is -0.187. The van der Waals surface area contributed by atoms with E-state index < -0.39 is 0 Å². The number of halogens is 1. The van der Waals surface area contributed by atoms with Crippen LogP contribution in [0.1, 0.15) is 22.3 Å². The molecule has 2 N–H and O–H groups in total. The van der Waals surface area contributed by atoms with Gasteiger partial charge >= 0.3 is 0 Å². The molecule has 19 heavy (non-hydrogen) atoms. The molecule has 0 saturated heterocycles. The number of anilines is 1. The molecule has 0 unspecified atom stereocenters. The molecular weight excluding hydrogens is 282 g/mol. The second-order valence-electron chi connectivity index (χ2n) is 3.85. The Hall–Kier alpha value is -1.59. The second-order valence-corrected chi connectivity index (χ2v) is 5.65. The summed E-state index contributed by atoms with van der Waals surface area (Å²) in [6.07, 6.45) is 1.65. The van der Waals surface area contributed by atoms with Crippen molar-refractivity contribution in [1.82, 2.24) is 10.3 Å². The summed E-state index contributed by atoms with van der Waals surface area (Å²) in [5, 5.41) is 5.94. The molecule has 2 aromatic rings. The van der Waals surface area contributed by atoms with Crippen molar-refractivity contribution in [2.75, 3.05) is 11.9 Å². The van der Waals surface area contributed by atoms with E-state index in [1.54, 1.807) is 12.3 Å². The lowest BCUT2D eigenvalue weighted by atomic mass is 10.3. The molecule has 0 atom stereocenters. The minimum Gasteiger partial charge on any atom is -0.384 e. The Labute approximate surface area is 120 Å². The van der Waals surface area contributed by atoms with Crippen molar-refractivity contribution in [3.05, 3.63) is 45.4 Å². The molecule has 0 radical (unpaired) electrons. The van der Waals surface area contributed by atoms with Crippen LogP contribution in [-0.2, 0) is 6.54 Å². The number of nitrogens with one attached hydrogen (secondary N) is 2. The number of amides is 1. The van der Waals surface area contributed by atoms with Crippen LogP contribution < -0.4 is 10.6 Å². The van der Waals surface area contributed by atoms with Crippen molar-refractivity contribution in [3.63, 3.8) is 0 Å². The number of rotatable bonds is 5. The van der Waals surface area contributed by atoms with Crippen molar-refractivity contribution in [3.8, 4) is 0 Å². The van der Waals surface area contributed by atoms with Crippen molar-refractivity contribution in [2.24, 2.45) is 0 Å². The summed E-state index contributed by atoms with van der Waals surface area (Å²) >= 11 is 7.28. The number of hydrogen-bond donors (Lipinski definition) is 2. The first kappa shape index (κ1) is 13.8. The Bertz CT molecular complexity index is 553. The lowest BCUT2D eigenvalue weighted by Gasteiger charge is -2.05. The fraction of sp³-hybridized carbons (Fsp3) is 0.231. The third-order valence-corrected chi connectivity index (χ3v) is 3.66. The van der Waals surface area contributed by atoms with Gasteiger partial charge in [0.2, 0.25) is 0 Å². The molecule has 100 valence electrons. The van der Waals surface area contributed by atoms with Gasteiger partial charge in [0.1, 0.15) is 5.69 Å². The summed E-state index contributed by atoms with van der Waals surface area (Å²) in [7, 11) is 0. The first-order chi connectivity index (χ1) is 9.19. The smallest absolute Gasteiger partial charge is 0.270 e. The first-order valence-electron chi connectivity index (χ1n) is 5.91. The number of carbonyl (C=O) groups excluding carboxylic acids is 1. The fourth-order valence-electron chi connectivity index (χ4n) is 1.54. The normalized spacial score (nSPS) is 10.2. The second kappa shape index (κ2) is 6.54. The summed E-state index contributed by atoms with van der Waals surface area (Å²) in [6.45, 7) is 3.30. The van der Waals surface area contributed by atoms with Gasteiger partial charge in [0.25, 0.3) is 5.91 Å². The largest absolute Gasteiger partial charge is 0.384 e. The quantitative estimate of drug-likeness (QED) is 0.891. The SMILES string of the molecule is CCNc1ccc(C(=O)NCc2ccc(Cl)s2)nc1. The van der Waals surface area contributed by atoms with E-state index in [0.717, 1.165) is 21.4 Å². The van der Waals surface area contributed by atoms with Gasteiger partial charge in [0.15, 0.2) is 0 Å². The maximum Gasteiger partial charge on any atom is 0.270 e. The number of hydrogen-bond acceptors (Lipinski definition) is 4. The zero-order valence-electron chi connectivity index (χ0n) is 10.4. The molecule has 2 aromatic heterocycles. The Morgan fingerprint density at radius 3 is 2.79 bits per heavy atom. The number of pyridine rings is 1. The van der Waals surface area contributed by atoms with Crippen LogP contribution in [0.3, 0.4) is 0 Å². The average Bonchev–Trinajstić information content (AvgIpc) is 2.83. The van der Waals surface area contributed by atoms with Gasteiger partial charge in [-0.15, -0.1) is 11.3 Å². The van der Waals surface area contributed by atoms with Gasteiger partial charge in [-0.3, -0.25) is 4.79 Å². The van der Waals surface area contributed by atoms with Crippen LogP contribution in [0.2, 0.25) is 4.34 Å². The lowest BCUT2D eigenvalue weighted by Crippen LogP contribution is -2.23. The van der Waals surface area contributed by atoms with E-state index in [4.69, 9.17) is 11.6 Å². The minimum absolute atomic E-state index is 0.187. The summed E-state index contributed by atoms with van der Waals surface area (Å²) in [4.78, 5) is 17.0. The predicted octanol–water partition coefficient (Wildman–Crippen LogP) is 3.16. The van der Waals surface area contributed by atoms with E-state index in [1.807, 2.05) is 25.1 Å². The highest BCUT2D eigenvalue weighted by Gasteiger charge is 2.07. The highest BCUT2D eigenvalue weighted by Crippen LogP contribution is 2.21. The highest BCUT2D eigenvalue weighted by molar-refractivity contribution is 7.16. The van der Waals surface area contributed by atoms with E-state index in [9.17, 15) is 4.79 Å². The lowest BCUT2D eigenvalue weighted by molar-refractivity contribution is 0.0946. The zero-order valence-corrected chi connectivity index (χ0v) is 12.0. The summed E-state index contributed by atoms with van der Waals surface area (Å²) in [6, 6.07) is 7.26. The molecule has 0 aromatic carbocycles. The number of thiophene rings is 1. The van der Waals surface area contributed by atoms with Gasteiger partial charge in [-0.25, -0.2) is 4.98 Å². The molecule has 0 fully saturated rings.